The summed E-state index contributed by atoms with van der Waals surface area (Å²) in [6, 6.07) is 10.7. The van der Waals surface area contributed by atoms with E-state index in [1.807, 2.05) is 0 Å². The van der Waals surface area contributed by atoms with E-state index in [2.05, 4.69) is 26.2 Å². The summed E-state index contributed by atoms with van der Waals surface area (Å²) in [4.78, 5) is 25.9. The zero-order valence-electron chi connectivity index (χ0n) is 11.5. The predicted octanol–water partition coefficient (Wildman–Crippen LogP) is 3.44. The number of nitrogens with zero attached hydrogens (tertiary/aromatic N) is 2. The summed E-state index contributed by atoms with van der Waals surface area (Å²) in [6.45, 7) is 0. The van der Waals surface area contributed by atoms with Gasteiger partial charge in [-0.1, -0.05) is 28.1 Å². The minimum Gasteiger partial charge on any atom is -0.321 e. The van der Waals surface area contributed by atoms with E-state index in [4.69, 9.17) is 0 Å². The van der Waals surface area contributed by atoms with Crippen molar-refractivity contribution >= 4 is 38.9 Å². The fourth-order valence-electron chi connectivity index (χ4n) is 2.22. The summed E-state index contributed by atoms with van der Waals surface area (Å²) < 4.78 is 14.8. The third-order valence-electron chi connectivity index (χ3n) is 3.30. The number of hydrogen-bond acceptors (Lipinski definition) is 4. The lowest BCUT2D eigenvalue weighted by molar-refractivity contribution is -0.384. The van der Waals surface area contributed by atoms with Gasteiger partial charge in [0.2, 0.25) is 0 Å². The van der Waals surface area contributed by atoms with Crippen molar-refractivity contribution in [2.24, 2.45) is 4.99 Å². The van der Waals surface area contributed by atoms with Crippen molar-refractivity contribution in [1.82, 2.24) is 0 Å². The van der Waals surface area contributed by atoms with Crippen molar-refractivity contribution < 1.29 is 14.1 Å². The first-order valence-electron chi connectivity index (χ1n) is 6.53. The molecule has 0 radical (unpaired) electrons. The molecule has 23 heavy (non-hydrogen) atoms. The Balaban J connectivity index is 2.22. The van der Waals surface area contributed by atoms with Crippen molar-refractivity contribution in [1.29, 1.82) is 0 Å². The van der Waals surface area contributed by atoms with Gasteiger partial charge in [0.1, 0.15) is 0 Å². The summed E-state index contributed by atoms with van der Waals surface area (Å²) in [5.41, 5.74) is 1.15. The average Bonchev–Trinajstić information content (AvgIpc) is 2.65. The molecule has 0 saturated heterocycles. The van der Waals surface area contributed by atoms with Crippen LogP contribution in [0.1, 0.15) is 11.1 Å². The minimum absolute atomic E-state index is 0.167. The van der Waals surface area contributed by atoms with Gasteiger partial charge < -0.3 is 5.32 Å². The number of benzene rings is 2. The van der Waals surface area contributed by atoms with Crippen LogP contribution in [0.15, 0.2) is 51.9 Å². The van der Waals surface area contributed by atoms with E-state index in [1.54, 1.807) is 24.3 Å². The zero-order chi connectivity index (χ0) is 16.6. The number of alkyl halides is 1. The van der Waals surface area contributed by atoms with Crippen LogP contribution in [-0.2, 0) is 4.79 Å². The first-order valence-corrected chi connectivity index (χ1v) is 7.32. The largest absolute Gasteiger partial charge is 0.321 e. The Morgan fingerprint density at radius 1 is 1.22 bits per heavy atom. The van der Waals surface area contributed by atoms with Gasteiger partial charge in [-0.15, -0.1) is 0 Å². The number of anilines is 1. The lowest BCUT2D eigenvalue weighted by Crippen LogP contribution is -2.21. The lowest BCUT2D eigenvalue weighted by Gasteiger charge is -2.09. The molecule has 2 aromatic rings. The summed E-state index contributed by atoms with van der Waals surface area (Å²) in [5, 5.41) is 13.4. The highest BCUT2D eigenvalue weighted by Crippen LogP contribution is 2.28. The Morgan fingerprint density at radius 3 is 2.57 bits per heavy atom. The topological polar surface area (TPSA) is 84.6 Å². The van der Waals surface area contributed by atoms with Crippen molar-refractivity contribution in [3.05, 3.63) is 68.2 Å². The quantitative estimate of drug-likeness (QED) is 0.494. The third kappa shape index (κ3) is 2.98. The van der Waals surface area contributed by atoms with Crippen LogP contribution in [0.2, 0.25) is 0 Å². The number of fused-ring (bicyclic) bond motifs is 1. The molecule has 1 amide bonds. The number of non-ortho nitro benzene ring substituents is 1. The molecule has 6 nitrogen and oxygen atoms in total. The van der Waals surface area contributed by atoms with Crippen molar-refractivity contribution in [3.63, 3.8) is 0 Å². The van der Waals surface area contributed by atoms with E-state index in [9.17, 15) is 19.3 Å². The summed E-state index contributed by atoms with van der Waals surface area (Å²) in [6.07, 6.45) is -2.08. The number of halogens is 2. The molecule has 3 rings (SSSR count). The average molecular weight is 378 g/mol. The van der Waals surface area contributed by atoms with Crippen LogP contribution in [0, 0.1) is 10.1 Å². The van der Waals surface area contributed by atoms with Gasteiger partial charge in [0.15, 0.2) is 0 Å². The number of hydrogen-bond donors (Lipinski definition) is 1. The fourth-order valence-corrected chi connectivity index (χ4v) is 2.49. The molecule has 1 aliphatic heterocycles. The first kappa shape index (κ1) is 15.3. The maximum Gasteiger partial charge on any atom is 0.281 e. The highest BCUT2D eigenvalue weighted by molar-refractivity contribution is 9.10. The number of nitro benzene ring substituents is 1. The van der Waals surface area contributed by atoms with Crippen LogP contribution in [0.25, 0.3) is 0 Å². The van der Waals surface area contributed by atoms with Crippen LogP contribution >= 0.6 is 15.9 Å². The zero-order valence-corrected chi connectivity index (χ0v) is 13.1. The first-order chi connectivity index (χ1) is 11.0. The maximum absolute atomic E-state index is 13.9. The predicted molar refractivity (Wildman–Crippen MR) is 86.4 cm³/mol. The number of carbonyl (C=O) groups excluding carboxylic acids is 1. The van der Waals surface area contributed by atoms with E-state index >= 15 is 0 Å². The molecular weight excluding hydrogens is 369 g/mol. The fraction of sp³-hybridized carbons (Fsp3) is 0.0667. The molecule has 0 fully saturated rings. The summed E-state index contributed by atoms with van der Waals surface area (Å²) in [5.74, 6) is -0.910. The molecule has 8 heteroatoms. The van der Waals surface area contributed by atoms with Crippen LogP contribution < -0.4 is 5.32 Å². The molecule has 2 aromatic carbocycles. The number of nitrogens with one attached hydrogen (secondary N) is 1. The minimum atomic E-state index is -2.08. The Kier molecular flexibility index (Phi) is 3.91. The second-order valence-electron chi connectivity index (χ2n) is 4.80. The van der Waals surface area contributed by atoms with Crippen LogP contribution in [0.4, 0.5) is 15.8 Å². The molecular formula is C15H9BrFN3O3. The standard InChI is InChI=1S/C15H9BrFN3O3/c16-9-3-1-8(2-4-9)13-11-7-10(20(22)23)5-6-12(11)18-15(21)14(17)19-13/h1-7,14H,(H,18,21). The number of nitro groups is 1. The van der Waals surface area contributed by atoms with Gasteiger partial charge in [-0.2, -0.15) is 0 Å². The normalized spacial score (nSPS) is 16.9. The van der Waals surface area contributed by atoms with Gasteiger partial charge in [0.25, 0.3) is 17.9 Å². The molecule has 0 bridgehead atoms. The van der Waals surface area contributed by atoms with E-state index in [1.165, 1.54) is 18.2 Å². The van der Waals surface area contributed by atoms with Crippen molar-refractivity contribution in [2.75, 3.05) is 5.32 Å². The van der Waals surface area contributed by atoms with E-state index in [-0.39, 0.29) is 17.1 Å². The number of carbonyl (C=O) groups is 1. The molecule has 0 aliphatic carbocycles. The highest BCUT2D eigenvalue weighted by atomic mass is 79.9. The van der Waals surface area contributed by atoms with Gasteiger partial charge in [-0.3, -0.25) is 14.9 Å². The Labute approximate surface area is 138 Å². The smallest absolute Gasteiger partial charge is 0.281 e. The van der Waals surface area contributed by atoms with E-state index < -0.39 is 17.1 Å². The van der Waals surface area contributed by atoms with E-state index in [0.717, 1.165) is 4.47 Å². The molecule has 0 aromatic heterocycles. The summed E-state index contributed by atoms with van der Waals surface area (Å²) >= 11 is 3.30. The monoisotopic (exact) mass is 377 g/mol. The SMILES string of the molecule is O=C1Nc2ccc([N+](=O)[O-])cc2C(c2ccc(Br)cc2)=NC1F. The Morgan fingerprint density at radius 2 is 1.91 bits per heavy atom. The number of benzodiazepines with no additional fused rings is 1. The molecule has 1 N–H and O–H groups in total. The van der Waals surface area contributed by atoms with Gasteiger partial charge in [0, 0.05) is 27.7 Å². The summed E-state index contributed by atoms with van der Waals surface area (Å²) in [7, 11) is 0. The number of aliphatic imine (C=N–C) groups is 1. The van der Waals surface area contributed by atoms with Gasteiger partial charge in [0.05, 0.1) is 16.3 Å². The molecule has 0 spiro atoms. The molecule has 1 atom stereocenters. The molecule has 116 valence electrons. The van der Waals surface area contributed by atoms with Crippen molar-refractivity contribution in [3.8, 4) is 0 Å². The maximum atomic E-state index is 13.9. The molecule has 1 aliphatic rings. The second-order valence-corrected chi connectivity index (χ2v) is 5.71. The lowest BCUT2D eigenvalue weighted by atomic mass is 10.00. The molecule has 0 saturated carbocycles. The Bertz CT molecular complexity index is 836. The molecule has 1 unspecified atom stereocenters. The van der Waals surface area contributed by atoms with E-state index in [0.29, 0.717) is 11.1 Å². The second kappa shape index (κ2) is 5.88. The van der Waals surface area contributed by atoms with Gasteiger partial charge in [-0.05, 0) is 18.2 Å². The van der Waals surface area contributed by atoms with Crippen LogP contribution in [0.3, 0.4) is 0 Å². The van der Waals surface area contributed by atoms with Crippen molar-refractivity contribution in [2.45, 2.75) is 6.30 Å². The van der Waals surface area contributed by atoms with Crippen LogP contribution in [0.5, 0.6) is 0 Å². The van der Waals surface area contributed by atoms with Gasteiger partial charge >= 0.3 is 0 Å². The number of amides is 1. The highest BCUT2D eigenvalue weighted by Gasteiger charge is 2.26. The third-order valence-corrected chi connectivity index (χ3v) is 3.83. The van der Waals surface area contributed by atoms with Gasteiger partial charge in [-0.25, -0.2) is 9.38 Å². The Hall–Kier alpha value is -2.61. The number of rotatable bonds is 2. The van der Waals surface area contributed by atoms with Crippen LogP contribution in [-0.4, -0.2) is 22.8 Å². The molecule has 1 heterocycles.